The molecular weight excluding hydrogens is 1090 g/mol. The number of hydrogen-bond donors (Lipinski definition) is 4. The average Bonchev–Trinajstić information content (AvgIpc) is 3.31. The van der Waals surface area contributed by atoms with E-state index in [1.807, 2.05) is 0 Å². The summed E-state index contributed by atoms with van der Waals surface area (Å²) in [5.74, 6) is 0.0737. The number of morpholine rings is 2. The molecule has 0 spiro atoms. The van der Waals surface area contributed by atoms with Crippen LogP contribution >= 0.6 is 0 Å². The Balaban J connectivity index is 0.00000296. The largest absolute Gasteiger partial charge is 1.00 e. The van der Waals surface area contributed by atoms with Gasteiger partial charge >= 0.3 is 118 Å². The Morgan fingerprint density at radius 1 is 0.405 bits per heavy atom. The van der Waals surface area contributed by atoms with Crippen molar-refractivity contribution in [2.75, 3.05) is 83.7 Å². The van der Waals surface area contributed by atoms with Gasteiger partial charge in [0.1, 0.15) is 40.5 Å². The zero-order valence-corrected chi connectivity index (χ0v) is 51.1. The summed E-state index contributed by atoms with van der Waals surface area (Å²) in [6.07, 6.45) is 2.27. The molecule has 0 saturated carbocycles. The van der Waals surface area contributed by atoms with Gasteiger partial charge in [-0.3, -0.25) is 0 Å². The maximum absolute atomic E-state index is 12.7. The number of ether oxygens (including phenoxy) is 2. The predicted molar refractivity (Wildman–Crippen MR) is 245 cm³/mol. The smallest absolute Gasteiger partial charge is 0.744 e. The van der Waals surface area contributed by atoms with E-state index in [1.54, 1.807) is 9.80 Å². The number of benzene rings is 4. The molecule has 8 rings (SSSR count). The van der Waals surface area contributed by atoms with Gasteiger partial charge in [0.15, 0.2) is 0 Å². The summed E-state index contributed by atoms with van der Waals surface area (Å²) in [5.41, 5.74) is 0.306. The van der Waals surface area contributed by atoms with Gasteiger partial charge < -0.3 is 58.8 Å². The second-order valence-corrected chi connectivity index (χ2v) is 20.4. The van der Waals surface area contributed by atoms with Crippen LogP contribution in [0.3, 0.4) is 0 Å². The standard InChI is InChI=1S/C40H40N12O14S4.4Na/c53-67(54,55)31-11-7-27(8-12-31)41-35-45-37(49-39(47-35)51-15-19-65-20-16-51)43-29-5-3-25(33(23-29)69(59,60)61)1-2-26-4-6-30(24-34(26)70(62,63)64)44-38-46-36(48-40(50-38)52-17-21-66-22-18-52)42-28-9-13-32(14-10-28)68(56,57)58;;;;/h1-14,23-24H,15-22H2,(H,53,54,55)(H,56,57,58)(H,59,60,61)(H,62,63,64)(H2,41,43,45,47,49)(H2,42,44,46,48,50);;;;/q;4*+1/p-4. The Morgan fingerprint density at radius 2 is 0.689 bits per heavy atom. The third-order valence-electron chi connectivity index (χ3n) is 10.2. The Morgan fingerprint density at radius 3 is 0.973 bits per heavy atom. The minimum atomic E-state index is -5.22. The molecule has 2 fully saturated rings. The van der Waals surface area contributed by atoms with Crippen LogP contribution in [0.5, 0.6) is 0 Å². The number of hydrogen-bond acceptors (Lipinski definition) is 26. The van der Waals surface area contributed by atoms with Crippen LogP contribution in [0.2, 0.25) is 0 Å². The van der Waals surface area contributed by atoms with Gasteiger partial charge in [-0.15, -0.1) is 0 Å². The monoisotopic (exact) mass is 1130 g/mol. The summed E-state index contributed by atoms with van der Waals surface area (Å²) in [7, 11) is -19.9. The molecule has 0 amide bonds. The first-order valence-electron chi connectivity index (χ1n) is 20.4. The fraction of sp³-hybridized carbons (Fsp3) is 0.200. The van der Waals surface area contributed by atoms with Crippen molar-refractivity contribution in [3.63, 3.8) is 0 Å². The maximum Gasteiger partial charge on any atom is 1.00 e. The second kappa shape index (κ2) is 27.0. The van der Waals surface area contributed by atoms with Crippen molar-refractivity contribution in [3.8, 4) is 0 Å². The first-order valence-corrected chi connectivity index (χ1v) is 26.0. The van der Waals surface area contributed by atoms with Crippen molar-refractivity contribution < 1.29 is 180 Å². The Labute approximate surface area is 513 Å². The van der Waals surface area contributed by atoms with Gasteiger partial charge in [0.05, 0.1) is 46.0 Å². The van der Waals surface area contributed by atoms with E-state index in [0.717, 1.165) is 48.6 Å². The minimum Gasteiger partial charge on any atom is -0.744 e. The number of nitrogens with zero attached hydrogens (tertiary/aromatic N) is 8. The minimum absolute atomic E-state index is 0. The van der Waals surface area contributed by atoms with Crippen LogP contribution in [0.15, 0.2) is 105 Å². The molecule has 4 aromatic carbocycles. The van der Waals surface area contributed by atoms with Crippen LogP contribution < -0.4 is 149 Å². The third kappa shape index (κ3) is 17.2. The molecular formula is C40H36N12Na4O14S4. The van der Waals surface area contributed by atoms with E-state index in [9.17, 15) is 51.9 Å². The van der Waals surface area contributed by atoms with Gasteiger partial charge in [0.25, 0.3) is 0 Å². The Hall–Kier alpha value is -3.00. The van der Waals surface area contributed by atoms with Gasteiger partial charge in [-0.2, -0.15) is 29.9 Å². The van der Waals surface area contributed by atoms with Crippen LogP contribution in [0.25, 0.3) is 12.2 Å². The molecule has 34 heteroatoms. The Bertz CT molecular complexity index is 3210. The molecule has 0 bridgehead atoms. The van der Waals surface area contributed by atoms with Crippen LogP contribution in [-0.4, -0.2) is 134 Å². The Kier molecular flexibility index (Phi) is 23.2. The molecule has 2 aliphatic rings. The maximum atomic E-state index is 12.7. The SMILES string of the molecule is O=S(=O)([O-])c1ccc(Nc2nc(Nc3ccc(C=Cc4ccc(Nc5nc(Nc6ccc(S(=O)(=O)[O-])cc6)nc(N6CCOCC6)n5)cc4S(=O)(=O)[O-])c(S(=O)(=O)[O-])c3)nc(N3CCOCC3)n2)cc1.[Na+].[Na+].[Na+].[Na+]. The van der Waals surface area contributed by atoms with E-state index in [0.29, 0.717) is 64.0 Å². The molecule has 0 unspecified atom stereocenters. The van der Waals surface area contributed by atoms with E-state index in [2.05, 4.69) is 51.2 Å². The molecule has 0 atom stereocenters. The predicted octanol–water partition coefficient (Wildman–Crippen LogP) is -9.49. The van der Waals surface area contributed by atoms with E-state index in [1.165, 1.54) is 48.5 Å². The van der Waals surface area contributed by atoms with Crippen LogP contribution in [-0.2, 0) is 49.9 Å². The van der Waals surface area contributed by atoms with Gasteiger partial charge in [0.2, 0.25) is 35.7 Å². The van der Waals surface area contributed by atoms with Crippen LogP contribution in [0.4, 0.5) is 58.4 Å². The summed E-state index contributed by atoms with van der Waals surface area (Å²) in [6, 6.07) is 17.0. The van der Waals surface area contributed by atoms with E-state index in [4.69, 9.17) is 9.47 Å². The molecule has 4 N–H and O–H groups in total. The molecule has 2 saturated heterocycles. The van der Waals surface area contributed by atoms with Crippen LogP contribution in [0.1, 0.15) is 11.1 Å². The first kappa shape index (κ1) is 63.5. The third-order valence-corrected chi connectivity index (χ3v) is 13.6. The fourth-order valence-electron chi connectivity index (χ4n) is 6.80. The average molecular weight is 1130 g/mol. The van der Waals surface area contributed by atoms with Crippen molar-refractivity contribution in [3.05, 3.63) is 96.1 Å². The van der Waals surface area contributed by atoms with E-state index >= 15 is 0 Å². The van der Waals surface area contributed by atoms with Crippen molar-refractivity contribution >= 4 is 111 Å². The molecule has 26 nitrogen and oxygen atoms in total. The summed E-state index contributed by atoms with van der Waals surface area (Å²) in [6.45, 7) is 3.09. The van der Waals surface area contributed by atoms with E-state index in [-0.39, 0.29) is 176 Å². The summed E-state index contributed by atoms with van der Waals surface area (Å²) in [5, 5.41) is 11.5. The molecule has 0 aliphatic carbocycles. The van der Waals surface area contributed by atoms with Crippen LogP contribution in [0, 0.1) is 0 Å². The van der Waals surface area contributed by atoms with Crippen molar-refractivity contribution in [1.29, 1.82) is 0 Å². The topological polar surface area (TPSA) is 379 Å². The normalized spacial score (nSPS) is 14.1. The van der Waals surface area contributed by atoms with Gasteiger partial charge in [-0.25, -0.2) is 33.7 Å². The van der Waals surface area contributed by atoms with Crippen molar-refractivity contribution in [2.24, 2.45) is 0 Å². The fourth-order valence-corrected chi connectivity index (χ4v) is 9.13. The van der Waals surface area contributed by atoms with Gasteiger partial charge in [-0.05, 0) is 83.9 Å². The number of anilines is 10. The van der Waals surface area contributed by atoms with Gasteiger partial charge in [-0.1, -0.05) is 24.3 Å². The number of aromatic nitrogens is 6. The number of rotatable bonds is 16. The summed E-state index contributed by atoms with van der Waals surface area (Å²) in [4.78, 5) is 27.7. The summed E-state index contributed by atoms with van der Waals surface area (Å²) >= 11 is 0. The molecule has 74 heavy (non-hydrogen) atoms. The quantitative estimate of drug-likeness (QED) is 0.0397. The molecule has 4 heterocycles. The first-order chi connectivity index (χ1) is 33.1. The molecule has 0 radical (unpaired) electrons. The zero-order valence-electron chi connectivity index (χ0n) is 39.8. The summed E-state index contributed by atoms with van der Waals surface area (Å²) < 4.78 is 155. The second-order valence-electron chi connectivity index (χ2n) is 15.0. The van der Waals surface area contributed by atoms with Crippen molar-refractivity contribution in [2.45, 2.75) is 19.6 Å². The molecule has 2 aliphatic heterocycles. The van der Waals surface area contributed by atoms with Gasteiger partial charge in [0, 0.05) is 48.9 Å². The zero-order chi connectivity index (χ0) is 49.8. The van der Waals surface area contributed by atoms with E-state index < -0.39 is 60.1 Å². The number of nitrogens with one attached hydrogen (secondary N) is 4. The van der Waals surface area contributed by atoms with Crippen molar-refractivity contribution in [1.82, 2.24) is 29.9 Å². The molecule has 2 aromatic heterocycles. The molecule has 6 aromatic rings. The molecule has 368 valence electrons.